The number of rotatable bonds is 11. The number of unbranched alkanes of at least 4 members (excludes halogenated alkanes) is 6. The fourth-order valence-corrected chi connectivity index (χ4v) is 5.03. The van der Waals surface area contributed by atoms with E-state index in [4.69, 9.17) is 4.74 Å². The van der Waals surface area contributed by atoms with Gasteiger partial charge in [0, 0.05) is 6.42 Å². The number of nitrogens with one attached hydrogen (secondary N) is 2. The average molecular weight is 389 g/mol. The molecule has 3 aliphatic rings. The topological polar surface area (TPSA) is 53.4 Å². The first kappa shape index (κ1) is 20.9. The Hall–Kier alpha value is -1.78. The SMILES string of the molecule is C=CCOC(=O)C1=C(C)NC2=[N+]3[C@@H](CC[C@H]13)C[C@@H](CCCCCCCCC)N2. The molecule has 1 saturated heterocycles. The van der Waals surface area contributed by atoms with Crippen LogP contribution in [0.3, 0.4) is 0 Å². The predicted molar refractivity (Wildman–Crippen MR) is 113 cm³/mol. The highest BCUT2D eigenvalue weighted by Crippen LogP contribution is 2.34. The van der Waals surface area contributed by atoms with Gasteiger partial charge in [-0.1, -0.05) is 64.5 Å². The summed E-state index contributed by atoms with van der Waals surface area (Å²) >= 11 is 0. The maximum absolute atomic E-state index is 12.5. The Morgan fingerprint density at radius 1 is 1.21 bits per heavy atom. The summed E-state index contributed by atoms with van der Waals surface area (Å²) in [6.45, 7) is 8.16. The molecule has 0 bridgehead atoms. The lowest BCUT2D eigenvalue weighted by Gasteiger charge is -2.33. The van der Waals surface area contributed by atoms with Crippen LogP contribution in [0.25, 0.3) is 0 Å². The Balaban J connectivity index is 1.53. The van der Waals surface area contributed by atoms with Gasteiger partial charge in [-0.2, -0.15) is 0 Å². The minimum Gasteiger partial charge on any atom is -0.458 e. The molecule has 28 heavy (non-hydrogen) atoms. The van der Waals surface area contributed by atoms with Crippen molar-refractivity contribution in [2.45, 2.75) is 103 Å². The number of hydrogen-bond acceptors (Lipinski definition) is 4. The van der Waals surface area contributed by atoms with E-state index < -0.39 is 0 Å². The third kappa shape index (κ3) is 4.79. The normalized spacial score (nSPS) is 25.9. The van der Waals surface area contributed by atoms with Crippen molar-refractivity contribution < 1.29 is 14.1 Å². The van der Waals surface area contributed by atoms with Gasteiger partial charge in [0.2, 0.25) is 0 Å². The minimum atomic E-state index is -0.209. The van der Waals surface area contributed by atoms with Crippen LogP contribution in [0.1, 0.15) is 84.5 Å². The second-order valence-electron chi connectivity index (χ2n) is 8.54. The zero-order valence-corrected chi connectivity index (χ0v) is 17.8. The summed E-state index contributed by atoms with van der Waals surface area (Å²) in [5.74, 6) is 0.893. The number of carbonyl (C=O) groups excluding carboxylic acids is 1. The number of esters is 1. The molecule has 0 radical (unpaired) electrons. The zero-order valence-electron chi connectivity index (χ0n) is 17.8. The molecule has 0 aromatic rings. The van der Waals surface area contributed by atoms with Gasteiger partial charge in [-0.15, -0.1) is 0 Å². The van der Waals surface area contributed by atoms with E-state index in [0.29, 0.717) is 12.1 Å². The predicted octanol–water partition coefficient (Wildman–Crippen LogP) is 3.99. The molecular weight excluding hydrogens is 350 g/mol. The van der Waals surface area contributed by atoms with Crippen molar-refractivity contribution in [1.82, 2.24) is 10.6 Å². The van der Waals surface area contributed by atoms with Crippen LogP contribution in [-0.2, 0) is 9.53 Å². The molecular formula is C23H38N3O2+. The lowest BCUT2D eigenvalue weighted by Crippen LogP contribution is -2.59. The second-order valence-corrected chi connectivity index (χ2v) is 8.54. The highest BCUT2D eigenvalue weighted by Gasteiger charge is 2.48. The molecule has 156 valence electrons. The monoisotopic (exact) mass is 388 g/mol. The molecule has 0 aromatic heterocycles. The van der Waals surface area contributed by atoms with Gasteiger partial charge in [0.1, 0.15) is 18.2 Å². The first-order chi connectivity index (χ1) is 13.7. The Morgan fingerprint density at radius 2 is 1.96 bits per heavy atom. The van der Waals surface area contributed by atoms with Crippen molar-refractivity contribution in [1.29, 1.82) is 0 Å². The van der Waals surface area contributed by atoms with E-state index in [1.807, 2.05) is 6.92 Å². The smallest absolute Gasteiger partial charge is 0.351 e. The number of guanidine groups is 1. The number of hydrogen-bond donors (Lipinski definition) is 2. The highest BCUT2D eigenvalue weighted by atomic mass is 16.5. The lowest BCUT2D eigenvalue weighted by molar-refractivity contribution is -0.580. The Bertz CT molecular complexity index is 638. The van der Waals surface area contributed by atoms with Crippen LogP contribution < -0.4 is 10.6 Å². The Labute approximate surface area is 170 Å². The van der Waals surface area contributed by atoms with Gasteiger partial charge in [-0.3, -0.25) is 9.89 Å². The van der Waals surface area contributed by atoms with E-state index in [0.717, 1.165) is 30.1 Å². The number of nitrogens with zero attached hydrogens (tertiary/aromatic N) is 1. The van der Waals surface area contributed by atoms with E-state index in [2.05, 4.69) is 28.7 Å². The van der Waals surface area contributed by atoms with Gasteiger partial charge in [0.15, 0.2) is 0 Å². The van der Waals surface area contributed by atoms with Gasteiger partial charge in [-0.25, -0.2) is 10.1 Å². The summed E-state index contributed by atoms with van der Waals surface area (Å²) in [6, 6.07) is 1.21. The Kier molecular flexibility index (Phi) is 7.57. The summed E-state index contributed by atoms with van der Waals surface area (Å²) in [6.07, 6.45) is 15.7. The summed E-state index contributed by atoms with van der Waals surface area (Å²) < 4.78 is 7.74. The molecule has 2 N–H and O–H groups in total. The van der Waals surface area contributed by atoms with Gasteiger partial charge < -0.3 is 4.74 Å². The number of allylic oxidation sites excluding steroid dienone is 1. The molecule has 0 saturated carbocycles. The molecule has 3 heterocycles. The Morgan fingerprint density at radius 3 is 2.71 bits per heavy atom. The minimum absolute atomic E-state index is 0.144. The number of carbonyl (C=O) groups is 1. The number of ether oxygens (including phenoxy) is 1. The third-order valence-electron chi connectivity index (χ3n) is 6.41. The molecule has 3 atom stereocenters. The van der Waals surface area contributed by atoms with Gasteiger partial charge >= 0.3 is 11.9 Å². The van der Waals surface area contributed by atoms with Crippen molar-refractivity contribution in [3.8, 4) is 0 Å². The van der Waals surface area contributed by atoms with Gasteiger partial charge in [-0.05, 0) is 26.2 Å². The molecule has 0 spiro atoms. The molecule has 0 aromatic carbocycles. The summed E-state index contributed by atoms with van der Waals surface area (Å²) in [5.41, 5.74) is 1.72. The van der Waals surface area contributed by atoms with Crippen molar-refractivity contribution >= 4 is 11.9 Å². The maximum atomic E-state index is 12.5. The van der Waals surface area contributed by atoms with Crippen LogP contribution in [0, 0.1) is 0 Å². The van der Waals surface area contributed by atoms with Crippen LogP contribution in [0.2, 0.25) is 0 Å². The van der Waals surface area contributed by atoms with Gasteiger partial charge in [0.25, 0.3) is 0 Å². The quantitative estimate of drug-likeness (QED) is 0.243. The standard InChI is InChI=1S/C23H37N3O2/c1-4-6-7-8-9-10-11-12-18-16-19-13-14-20-21(22(27)28-15-5-2)17(3)24-23(25-18)26(19)20/h5,18-20H,2,4,6-16H2,1,3H3,(H,24,25,27)/p+1/t18-,19+,20-/m1/s1. The molecule has 0 unspecified atom stereocenters. The molecule has 5 heteroatoms. The van der Waals surface area contributed by atoms with Crippen LogP contribution >= 0.6 is 0 Å². The summed E-state index contributed by atoms with van der Waals surface area (Å²) in [7, 11) is 0. The molecule has 3 rings (SSSR count). The highest BCUT2D eigenvalue weighted by molar-refractivity contribution is 5.93. The average Bonchev–Trinajstić information content (AvgIpc) is 3.10. The zero-order chi connectivity index (χ0) is 19.9. The first-order valence-corrected chi connectivity index (χ1v) is 11.3. The molecule has 3 aliphatic heterocycles. The fourth-order valence-electron chi connectivity index (χ4n) is 5.03. The molecule has 1 fully saturated rings. The largest absolute Gasteiger partial charge is 0.458 e. The van der Waals surface area contributed by atoms with Crippen LogP contribution in [-0.4, -0.2) is 41.2 Å². The summed E-state index contributed by atoms with van der Waals surface area (Å²) in [5, 5.41) is 7.20. The van der Waals surface area contributed by atoms with Crippen LogP contribution in [0.4, 0.5) is 0 Å². The van der Waals surface area contributed by atoms with E-state index in [9.17, 15) is 4.79 Å². The molecule has 5 nitrogen and oxygen atoms in total. The van der Waals surface area contributed by atoms with Crippen molar-refractivity contribution in [2.24, 2.45) is 0 Å². The molecule has 0 amide bonds. The second kappa shape index (κ2) is 10.1. The lowest BCUT2D eigenvalue weighted by atomic mass is 9.97. The van der Waals surface area contributed by atoms with E-state index >= 15 is 0 Å². The van der Waals surface area contributed by atoms with E-state index in [1.54, 1.807) is 6.08 Å². The first-order valence-electron chi connectivity index (χ1n) is 11.3. The van der Waals surface area contributed by atoms with Crippen molar-refractivity contribution in [2.75, 3.05) is 6.61 Å². The van der Waals surface area contributed by atoms with E-state index in [-0.39, 0.29) is 18.6 Å². The molecule has 0 aliphatic carbocycles. The maximum Gasteiger partial charge on any atom is 0.351 e. The third-order valence-corrected chi connectivity index (χ3v) is 6.41. The van der Waals surface area contributed by atoms with Crippen molar-refractivity contribution in [3.63, 3.8) is 0 Å². The van der Waals surface area contributed by atoms with Gasteiger partial charge in [0.05, 0.1) is 17.8 Å². The van der Waals surface area contributed by atoms with E-state index in [1.165, 1.54) is 57.8 Å². The fraction of sp³-hybridized carbons (Fsp3) is 0.739. The van der Waals surface area contributed by atoms with Crippen LogP contribution in [0.5, 0.6) is 0 Å². The summed E-state index contributed by atoms with van der Waals surface area (Å²) in [4.78, 5) is 12.5. The van der Waals surface area contributed by atoms with Crippen molar-refractivity contribution in [3.05, 3.63) is 23.9 Å². The van der Waals surface area contributed by atoms with Crippen LogP contribution in [0.15, 0.2) is 23.9 Å².